The summed E-state index contributed by atoms with van der Waals surface area (Å²) in [7, 11) is 1.71. The number of unbranched alkanes of at least 4 members (excludes halogenated alkanes) is 1. The van der Waals surface area contributed by atoms with E-state index in [1.54, 1.807) is 7.11 Å². The van der Waals surface area contributed by atoms with Gasteiger partial charge in [0.1, 0.15) is 12.4 Å². The Morgan fingerprint density at radius 2 is 2.00 bits per heavy atom. The minimum absolute atomic E-state index is 0.0127. The zero-order chi connectivity index (χ0) is 15.1. The van der Waals surface area contributed by atoms with Gasteiger partial charge in [0.25, 0.3) is 0 Å². The summed E-state index contributed by atoms with van der Waals surface area (Å²) in [4.78, 5) is 0. The van der Waals surface area contributed by atoms with Gasteiger partial charge < -0.3 is 19.9 Å². The average Bonchev–Trinajstić information content (AvgIpc) is 2.44. The van der Waals surface area contributed by atoms with Crippen LogP contribution in [0.15, 0.2) is 36.6 Å². The van der Waals surface area contributed by atoms with Crippen molar-refractivity contribution in [2.45, 2.75) is 32.3 Å². The lowest BCUT2D eigenvalue weighted by Gasteiger charge is -2.12. The smallest absolute Gasteiger partial charge is 0.117 e. The second kappa shape index (κ2) is 14.3. The highest BCUT2D eigenvalue weighted by atomic mass is 16.5. The molecule has 0 aromatic heterocycles. The number of hydrogen-bond acceptors (Lipinski definition) is 4. The van der Waals surface area contributed by atoms with Gasteiger partial charge in [0, 0.05) is 26.9 Å². The first kappa shape index (κ1) is 18.9. The molecule has 0 aliphatic heterocycles. The highest BCUT2D eigenvalue weighted by molar-refractivity contribution is 5.14. The van der Waals surface area contributed by atoms with Crippen LogP contribution in [0.1, 0.15) is 26.2 Å². The quantitative estimate of drug-likeness (QED) is 0.244. The lowest BCUT2D eigenvalue weighted by Crippen LogP contribution is -2.11. The van der Waals surface area contributed by atoms with E-state index in [-0.39, 0.29) is 6.10 Å². The van der Waals surface area contributed by atoms with Gasteiger partial charge in [-0.3, -0.25) is 0 Å². The van der Waals surface area contributed by atoms with Crippen LogP contribution in [-0.4, -0.2) is 39.6 Å². The molecule has 0 bridgehead atoms. The predicted octanol–water partition coefficient (Wildman–Crippen LogP) is 2.81. The number of rotatable bonds is 13. The molecule has 2 N–H and O–H groups in total. The molecule has 0 aliphatic rings. The van der Waals surface area contributed by atoms with Gasteiger partial charge >= 0.3 is 0 Å². The molecule has 0 saturated heterocycles. The highest BCUT2D eigenvalue weighted by Crippen LogP contribution is 2.06. The summed E-state index contributed by atoms with van der Waals surface area (Å²) in [6, 6.07) is 0. The van der Waals surface area contributed by atoms with Crippen LogP contribution in [0.25, 0.3) is 0 Å². The number of hydrogen-bond donors (Lipinski definition) is 1. The molecule has 0 aromatic rings. The van der Waals surface area contributed by atoms with Gasteiger partial charge in [-0.2, -0.15) is 0 Å². The summed E-state index contributed by atoms with van der Waals surface area (Å²) in [6.07, 6.45) is 10.6. The van der Waals surface area contributed by atoms with Crippen molar-refractivity contribution < 1.29 is 14.2 Å². The van der Waals surface area contributed by atoms with Crippen LogP contribution < -0.4 is 5.73 Å². The Morgan fingerprint density at radius 1 is 1.25 bits per heavy atom. The molecule has 1 atom stereocenters. The van der Waals surface area contributed by atoms with Crippen LogP contribution in [0, 0.1) is 0 Å². The number of allylic oxidation sites excluding steroid dienone is 3. The summed E-state index contributed by atoms with van der Waals surface area (Å²) >= 11 is 0. The molecule has 20 heavy (non-hydrogen) atoms. The Labute approximate surface area is 123 Å². The van der Waals surface area contributed by atoms with E-state index in [1.165, 1.54) is 0 Å². The molecule has 0 amide bonds. The van der Waals surface area contributed by atoms with E-state index in [0.717, 1.165) is 38.2 Å². The Balaban J connectivity index is 4.14. The third-order valence-corrected chi connectivity index (χ3v) is 2.49. The molecule has 0 rings (SSSR count). The van der Waals surface area contributed by atoms with Crippen LogP contribution in [0.3, 0.4) is 0 Å². The predicted molar refractivity (Wildman–Crippen MR) is 83.6 cm³/mol. The number of methoxy groups -OCH3 is 1. The van der Waals surface area contributed by atoms with E-state index < -0.39 is 0 Å². The zero-order valence-electron chi connectivity index (χ0n) is 12.8. The minimum Gasteiger partial charge on any atom is -0.493 e. The third-order valence-electron chi connectivity index (χ3n) is 2.49. The Hall–Kier alpha value is -1.10. The molecule has 1 unspecified atom stereocenters. The van der Waals surface area contributed by atoms with Crippen molar-refractivity contribution >= 4 is 0 Å². The molecule has 0 heterocycles. The van der Waals surface area contributed by atoms with Crippen molar-refractivity contribution in [3.05, 3.63) is 36.6 Å². The van der Waals surface area contributed by atoms with Crippen molar-refractivity contribution in [2.75, 3.05) is 33.5 Å². The molecule has 0 spiro atoms. The maximum Gasteiger partial charge on any atom is 0.117 e. The minimum atomic E-state index is 0.0127. The molecule has 0 fully saturated rings. The SMILES string of the molecule is C=CC/C=C\C(=C/C(C)OCCCCOC)OCCN. The van der Waals surface area contributed by atoms with Crippen molar-refractivity contribution in [1.29, 1.82) is 0 Å². The van der Waals surface area contributed by atoms with Crippen LogP contribution in [0.4, 0.5) is 0 Å². The first-order valence-electron chi connectivity index (χ1n) is 7.17. The normalized spacial score (nSPS) is 13.7. The van der Waals surface area contributed by atoms with Gasteiger partial charge in [0.2, 0.25) is 0 Å². The first-order chi connectivity index (χ1) is 9.74. The topological polar surface area (TPSA) is 53.7 Å². The van der Waals surface area contributed by atoms with Gasteiger partial charge in [-0.15, -0.1) is 6.58 Å². The molecule has 0 aromatic carbocycles. The maximum absolute atomic E-state index is 5.71. The van der Waals surface area contributed by atoms with E-state index in [4.69, 9.17) is 19.9 Å². The van der Waals surface area contributed by atoms with Gasteiger partial charge in [-0.05, 0) is 38.3 Å². The van der Waals surface area contributed by atoms with Crippen molar-refractivity contribution in [3.8, 4) is 0 Å². The van der Waals surface area contributed by atoms with E-state index in [9.17, 15) is 0 Å². The van der Waals surface area contributed by atoms with Gasteiger partial charge in [-0.25, -0.2) is 0 Å². The first-order valence-corrected chi connectivity index (χ1v) is 7.17. The Bertz CT molecular complexity index is 287. The van der Waals surface area contributed by atoms with Crippen LogP contribution in [0.5, 0.6) is 0 Å². The molecule has 4 nitrogen and oxygen atoms in total. The van der Waals surface area contributed by atoms with Crippen LogP contribution in [0.2, 0.25) is 0 Å². The van der Waals surface area contributed by atoms with Gasteiger partial charge in [0.05, 0.1) is 6.10 Å². The van der Waals surface area contributed by atoms with Crippen molar-refractivity contribution in [2.24, 2.45) is 5.73 Å². The fourth-order valence-electron chi connectivity index (χ4n) is 1.51. The Kier molecular flexibility index (Phi) is 13.5. The summed E-state index contributed by atoms with van der Waals surface area (Å²) in [6.45, 7) is 8.19. The van der Waals surface area contributed by atoms with E-state index in [1.807, 2.05) is 31.2 Å². The molecule has 116 valence electrons. The fourth-order valence-corrected chi connectivity index (χ4v) is 1.51. The van der Waals surface area contributed by atoms with E-state index >= 15 is 0 Å². The summed E-state index contributed by atoms with van der Waals surface area (Å²) in [5.74, 6) is 0.793. The van der Waals surface area contributed by atoms with Crippen LogP contribution in [-0.2, 0) is 14.2 Å². The molecule has 0 radical (unpaired) electrons. The summed E-state index contributed by atoms with van der Waals surface area (Å²) < 4.78 is 16.3. The second-order valence-corrected chi connectivity index (χ2v) is 4.41. The fraction of sp³-hybridized carbons (Fsp3) is 0.625. The maximum atomic E-state index is 5.71. The Morgan fingerprint density at radius 3 is 2.65 bits per heavy atom. The average molecular weight is 283 g/mol. The van der Waals surface area contributed by atoms with Crippen molar-refractivity contribution in [1.82, 2.24) is 0 Å². The van der Waals surface area contributed by atoms with Gasteiger partial charge in [0.15, 0.2) is 0 Å². The summed E-state index contributed by atoms with van der Waals surface area (Å²) in [5.41, 5.74) is 5.45. The molecule has 0 saturated carbocycles. The molecule has 0 aliphatic carbocycles. The number of ether oxygens (including phenoxy) is 3. The van der Waals surface area contributed by atoms with Crippen molar-refractivity contribution in [3.63, 3.8) is 0 Å². The lowest BCUT2D eigenvalue weighted by molar-refractivity contribution is 0.0843. The highest BCUT2D eigenvalue weighted by Gasteiger charge is 2.01. The van der Waals surface area contributed by atoms with Gasteiger partial charge in [-0.1, -0.05) is 12.2 Å². The van der Waals surface area contributed by atoms with E-state index in [0.29, 0.717) is 13.2 Å². The summed E-state index contributed by atoms with van der Waals surface area (Å²) in [5, 5.41) is 0. The van der Waals surface area contributed by atoms with E-state index in [2.05, 4.69) is 6.58 Å². The monoisotopic (exact) mass is 283 g/mol. The second-order valence-electron chi connectivity index (χ2n) is 4.41. The molecular weight excluding hydrogens is 254 g/mol. The molecule has 4 heteroatoms. The standard InChI is InChI=1S/C16H29NO3/c1-4-5-6-9-16(20-13-10-17)14-15(2)19-12-8-7-11-18-3/h4,6,9,14-15H,1,5,7-8,10-13,17H2,2-3H3/b9-6-,16-14+. The van der Waals surface area contributed by atoms with Crippen LogP contribution >= 0.6 is 0 Å². The molecular formula is C16H29NO3. The largest absolute Gasteiger partial charge is 0.493 e. The number of nitrogens with two attached hydrogens (primary N) is 1. The zero-order valence-corrected chi connectivity index (χ0v) is 12.8. The third kappa shape index (κ3) is 12.0. The lowest BCUT2D eigenvalue weighted by atomic mass is 10.2.